The first-order valence-electron chi connectivity index (χ1n) is 7.85. The quantitative estimate of drug-likeness (QED) is 0.560. The Bertz CT molecular complexity index is 1050. The summed E-state index contributed by atoms with van der Waals surface area (Å²) in [5.41, 5.74) is 4.36. The van der Waals surface area contributed by atoms with Gasteiger partial charge in [-0.1, -0.05) is 11.2 Å². The number of nitrogens with zero attached hydrogens (tertiary/aromatic N) is 4. The summed E-state index contributed by atoms with van der Waals surface area (Å²) in [5.74, 6) is 1.55. The summed E-state index contributed by atoms with van der Waals surface area (Å²) in [4.78, 5) is 4.21. The molecule has 0 unspecified atom stereocenters. The van der Waals surface area contributed by atoms with Crippen molar-refractivity contribution in [3.63, 3.8) is 0 Å². The van der Waals surface area contributed by atoms with Crippen molar-refractivity contribution < 1.29 is 13.7 Å². The third kappa shape index (κ3) is 2.96. The molecule has 1 aromatic carbocycles. The highest BCUT2D eigenvalue weighted by Crippen LogP contribution is 2.24. The molecule has 0 bridgehead atoms. The molecule has 4 aromatic rings. The maximum Gasteiger partial charge on any atom is 0.257 e. The van der Waals surface area contributed by atoms with E-state index in [0.29, 0.717) is 23.1 Å². The molecule has 3 heterocycles. The number of fused-ring (bicyclic) bond motifs is 1. The van der Waals surface area contributed by atoms with Crippen LogP contribution in [0.2, 0.25) is 0 Å². The molecular weight excluding hydrogens is 320 g/mol. The van der Waals surface area contributed by atoms with Gasteiger partial charge in [-0.05, 0) is 50.1 Å². The fraction of sp³-hybridized carbons (Fsp3) is 0.222. The van der Waals surface area contributed by atoms with Crippen molar-refractivity contribution in [2.24, 2.45) is 0 Å². The molecule has 0 spiro atoms. The van der Waals surface area contributed by atoms with E-state index in [1.165, 1.54) is 11.1 Å². The first-order valence-corrected chi connectivity index (χ1v) is 7.85. The Hall–Kier alpha value is -3.22. The zero-order chi connectivity index (χ0) is 17.4. The van der Waals surface area contributed by atoms with E-state index in [0.717, 1.165) is 16.8 Å². The second kappa shape index (κ2) is 6.01. The van der Waals surface area contributed by atoms with Crippen LogP contribution in [0.1, 0.15) is 22.7 Å². The van der Waals surface area contributed by atoms with Gasteiger partial charge in [-0.3, -0.25) is 0 Å². The molecular formula is C18H16N4O3. The molecule has 0 fully saturated rings. The van der Waals surface area contributed by atoms with Gasteiger partial charge in [0.15, 0.2) is 6.61 Å². The standard InChI is InChI=1S/C18H16N4O3/c1-10-4-5-14(6-11(10)2)23-9-16-20-21-17(24-16)13-7-15-12(3)22-25-18(15)19-8-13/h4-8H,9H2,1-3H3. The largest absolute Gasteiger partial charge is 0.484 e. The average Bonchev–Trinajstić information content (AvgIpc) is 3.23. The molecule has 0 saturated heterocycles. The van der Waals surface area contributed by atoms with Gasteiger partial charge in [0.1, 0.15) is 5.75 Å². The SMILES string of the molecule is Cc1ccc(OCc2nnc(-c3cnc4onc(C)c4c3)o2)cc1C. The van der Waals surface area contributed by atoms with Crippen LogP contribution < -0.4 is 4.74 Å². The zero-order valence-electron chi connectivity index (χ0n) is 14.1. The lowest BCUT2D eigenvalue weighted by atomic mass is 10.1. The number of aryl methyl sites for hydroxylation is 3. The zero-order valence-corrected chi connectivity index (χ0v) is 14.1. The van der Waals surface area contributed by atoms with Crippen molar-refractivity contribution in [2.45, 2.75) is 27.4 Å². The van der Waals surface area contributed by atoms with Crippen LogP contribution in [0.25, 0.3) is 22.6 Å². The maximum atomic E-state index is 5.72. The van der Waals surface area contributed by atoms with Gasteiger partial charge in [-0.2, -0.15) is 0 Å². The topological polar surface area (TPSA) is 87.1 Å². The summed E-state index contributed by atoms with van der Waals surface area (Å²) in [6.45, 7) is 6.17. The molecule has 7 heteroatoms. The predicted octanol–water partition coefficient (Wildman–Crippen LogP) is 3.78. The second-order valence-corrected chi connectivity index (χ2v) is 5.88. The Labute approximate surface area is 143 Å². The van der Waals surface area contributed by atoms with Gasteiger partial charge >= 0.3 is 0 Å². The third-order valence-electron chi connectivity index (χ3n) is 4.06. The second-order valence-electron chi connectivity index (χ2n) is 5.88. The molecule has 0 saturated carbocycles. The number of hydrogen-bond donors (Lipinski definition) is 0. The van der Waals surface area contributed by atoms with Crippen molar-refractivity contribution in [1.82, 2.24) is 20.3 Å². The van der Waals surface area contributed by atoms with Crippen molar-refractivity contribution in [3.05, 3.63) is 53.2 Å². The summed E-state index contributed by atoms with van der Waals surface area (Å²) in [7, 11) is 0. The molecule has 0 atom stereocenters. The van der Waals surface area contributed by atoms with E-state index >= 15 is 0 Å². The number of ether oxygens (including phenoxy) is 1. The maximum absolute atomic E-state index is 5.72. The van der Waals surface area contributed by atoms with Gasteiger partial charge in [0.05, 0.1) is 16.6 Å². The highest BCUT2D eigenvalue weighted by atomic mass is 16.5. The van der Waals surface area contributed by atoms with E-state index in [4.69, 9.17) is 13.7 Å². The normalized spacial score (nSPS) is 11.2. The molecule has 0 radical (unpaired) electrons. The minimum Gasteiger partial charge on any atom is -0.484 e. The van der Waals surface area contributed by atoms with Crippen LogP contribution in [0, 0.1) is 20.8 Å². The molecule has 0 aliphatic carbocycles. The van der Waals surface area contributed by atoms with E-state index in [1.54, 1.807) is 6.20 Å². The molecule has 3 aromatic heterocycles. The first kappa shape index (κ1) is 15.3. The van der Waals surface area contributed by atoms with Crippen molar-refractivity contribution in [3.8, 4) is 17.2 Å². The Morgan fingerprint density at radius 3 is 2.76 bits per heavy atom. The van der Waals surface area contributed by atoms with Gasteiger partial charge < -0.3 is 13.7 Å². The Balaban J connectivity index is 1.52. The fourth-order valence-corrected chi connectivity index (χ4v) is 2.44. The van der Waals surface area contributed by atoms with Gasteiger partial charge in [-0.25, -0.2) is 4.98 Å². The minimum absolute atomic E-state index is 0.206. The van der Waals surface area contributed by atoms with Crippen LogP contribution >= 0.6 is 0 Å². The highest BCUT2D eigenvalue weighted by molar-refractivity contribution is 5.79. The number of hydrogen-bond acceptors (Lipinski definition) is 7. The van der Waals surface area contributed by atoms with Gasteiger partial charge in [0, 0.05) is 6.20 Å². The molecule has 4 rings (SSSR count). The lowest BCUT2D eigenvalue weighted by molar-refractivity contribution is 0.264. The van der Waals surface area contributed by atoms with Crippen LogP contribution in [0.15, 0.2) is 39.4 Å². The Kier molecular flexibility index (Phi) is 3.68. The van der Waals surface area contributed by atoms with Crippen LogP contribution in [0.3, 0.4) is 0 Å². The number of benzene rings is 1. The number of rotatable bonds is 4. The third-order valence-corrected chi connectivity index (χ3v) is 4.06. The fourth-order valence-electron chi connectivity index (χ4n) is 2.44. The lowest BCUT2D eigenvalue weighted by Crippen LogP contribution is -1.96. The molecule has 126 valence electrons. The van der Waals surface area contributed by atoms with Crippen molar-refractivity contribution in [2.75, 3.05) is 0 Å². The van der Waals surface area contributed by atoms with E-state index < -0.39 is 0 Å². The molecule has 0 N–H and O–H groups in total. The Morgan fingerprint density at radius 1 is 1.04 bits per heavy atom. The average molecular weight is 336 g/mol. The number of aromatic nitrogens is 4. The van der Waals surface area contributed by atoms with Crippen molar-refractivity contribution >= 4 is 11.1 Å². The molecule has 7 nitrogen and oxygen atoms in total. The lowest BCUT2D eigenvalue weighted by Gasteiger charge is -2.05. The minimum atomic E-state index is 0.206. The van der Waals surface area contributed by atoms with Crippen LogP contribution in [0.5, 0.6) is 5.75 Å². The van der Waals surface area contributed by atoms with Gasteiger partial charge in [-0.15, -0.1) is 10.2 Å². The van der Waals surface area contributed by atoms with E-state index in [1.807, 2.05) is 38.1 Å². The van der Waals surface area contributed by atoms with E-state index in [9.17, 15) is 0 Å². The van der Waals surface area contributed by atoms with E-state index in [2.05, 4.69) is 27.3 Å². The van der Waals surface area contributed by atoms with Gasteiger partial charge in [0.2, 0.25) is 5.89 Å². The van der Waals surface area contributed by atoms with Crippen molar-refractivity contribution in [1.29, 1.82) is 0 Å². The predicted molar refractivity (Wildman–Crippen MR) is 90.1 cm³/mol. The molecule has 0 aliphatic heterocycles. The monoisotopic (exact) mass is 336 g/mol. The van der Waals surface area contributed by atoms with E-state index in [-0.39, 0.29) is 6.61 Å². The summed E-state index contributed by atoms with van der Waals surface area (Å²) < 4.78 is 16.5. The number of pyridine rings is 1. The first-order chi connectivity index (χ1) is 12.1. The highest BCUT2D eigenvalue weighted by Gasteiger charge is 2.13. The molecule has 25 heavy (non-hydrogen) atoms. The summed E-state index contributed by atoms with van der Waals surface area (Å²) in [5, 5.41) is 12.8. The summed E-state index contributed by atoms with van der Waals surface area (Å²) in [6.07, 6.45) is 1.62. The molecule has 0 aliphatic rings. The Morgan fingerprint density at radius 2 is 1.92 bits per heavy atom. The van der Waals surface area contributed by atoms with Gasteiger partial charge in [0.25, 0.3) is 11.6 Å². The van der Waals surface area contributed by atoms with Crippen LogP contribution in [-0.4, -0.2) is 20.3 Å². The summed E-state index contributed by atoms with van der Waals surface area (Å²) >= 11 is 0. The van der Waals surface area contributed by atoms with Crippen LogP contribution in [0.4, 0.5) is 0 Å². The molecule has 0 amide bonds. The van der Waals surface area contributed by atoms with Crippen LogP contribution in [-0.2, 0) is 6.61 Å². The smallest absolute Gasteiger partial charge is 0.257 e. The summed E-state index contributed by atoms with van der Waals surface area (Å²) in [6, 6.07) is 7.80.